The van der Waals surface area contributed by atoms with Gasteiger partial charge in [-0.3, -0.25) is 9.59 Å². The highest BCUT2D eigenvalue weighted by Crippen LogP contribution is 2.25. The van der Waals surface area contributed by atoms with E-state index in [9.17, 15) is 14.7 Å². The SMILES string of the molecule is CCC(CC(=O)NCC(C(=O)O)C1CCOCC1)c1ccc(C)cc1. The molecule has 5 nitrogen and oxygen atoms in total. The monoisotopic (exact) mass is 347 g/mol. The van der Waals surface area contributed by atoms with E-state index in [1.165, 1.54) is 5.56 Å². The first kappa shape index (κ1) is 19.4. The molecule has 0 bridgehead atoms. The van der Waals surface area contributed by atoms with E-state index in [0.717, 1.165) is 24.8 Å². The third kappa shape index (κ3) is 5.85. The van der Waals surface area contributed by atoms with E-state index < -0.39 is 11.9 Å². The standard InChI is InChI=1S/C20H29NO4/c1-3-15(16-6-4-14(2)5-7-16)12-19(22)21-13-18(20(23)24)17-8-10-25-11-9-17/h4-7,15,17-18H,3,8-13H2,1-2H3,(H,21,22)(H,23,24). The van der Waals surface area contributed by atoms with E-state index in [-0.39, 0.29) is 24.3 Å². The summed E-state index contributed by atoms with van der Waals surface area (Å²) in [7, 11) is 0. The molecular formula is C20H29NO4. The van der Waals surface area contributed by atoms with Crippen molar-refractivity contribution in [2.24, 2.45) is 11.8 Å². The maximum absolute atomic E-state index is 12.3. The van der Waals surface area contributed by atoms with Crippen molar-refractivity contribution < 1.29 is 19.4 Å². The van der Waals surface area contributed by atoms with Gasteiger partial charge in [0, 0.05) is 26.2 Å². The average molecular weight is 347 g/mol. The molecule has 1 aliphatic rings. The number of carbonyl (C=O) groups excluding carboxylic acids is 1. The molecule has 25 heavy (non-hydrogen) atoms. The van der Waals surface area contributed by atoms with Crippen LogP contribution in [0.25, 0.3) is 0 Å². The maximum Gasteiger partial charge on any atom is 0.308 e. The second-order valence-electron chi connectivity index (χ2n) is 6.92. The number of hydrogen-bond acceptors (Lipinski definition) is 3. The van der Waals surface area contributed by atoms with Gasteiger partial charge < -0.3 is 15.2 Å². The summed E-state index contributed by atoms with van der Waals surface area (Å²) in [5, 5.41) is 12.3. The maximum atomic E-state index is 12.3. The van der Waals surface area contributed by atoms with Crippen LogP contribution in [0.1, 0.15) is 49.7 Å². The third-order valence-electron chi connectivity index (χ3n) is 5.14. The van der Waals surface area contributed by atoms with Gasteiger partial charge in [0.2, 0.25) is 5.91 Å². The Labute approximate surface area is 149 Å². The number of amides is 1. The molecule has 0 aliphatic carbocycles. The van der Waals surface area contributed by atoms with Crippen LogP contribution in [0.2, 0.25) is 0 Å². The molecule has 5 heteroatoms. The van der Waals surface area contributed by atoms with Gasteiger partial charge in [0.05, 0.1) is 5.92 Å². The minimum atomic E-state index is -0.835. The fourth-order valence-corrected chi connectivity index (χ4v) is 3.43. The number of hydrogen-bond donors (Lipinski definition) is 2. The number of carboxylic acid groups (broad SMARTS) is 1. The lowest BCUT2D eigenvalue weighted by Crippen LogP contribution is -2.39. The zero-order chi connectivity index (χ0) is 18.2. The second-order valence-corrected chi connectivity index (χ2v) is 6.92. The fraction of sp³-hybridized carbons (Fsp3) is 0.600. The van der Waals surface area contributed by atoms with Crippen LogP contribution in [0.4, 0.5) is 0 Å². The zero-order valence-corrected chi connectivity index (χ0v) is 15.2. The number of aliphatic carboxylic acids is 1. The predicted molar refractivity (Wildman–Crippen MR) is 96.5 cm³/mol. The summed E-state index contributed by atoms with van der Waals surface area (Å²) in [5.41, 5.74) is 2.35. The van der Waals surface area contributed by atoms with Crippen LogP contribution in [0.5, 0.6) is 0 Å². The van der Waals surface area contributed by atoms with Crippen LogP contribution < -0.4 is 5.32 Å². The fourth-order valence-electron chi connectivity index (χ4n) is 3.43. The molecule has 0 spiro atoms. The van der Waals surface area contributed by atoms with Crippen molar-refractivity contribution in [3.05, 3.63) is 35.4 Å². The molecule has 0 saturated carbocycles. The summed E-state index contributed by atoms with van der Waals surface area (Å²) < 4.78 is 5.30. The number of carboxylic acids is 1. The Kier molecular flexibility index (Phi) is 7.44. The Morgan fingerprint density at radius 1 is 1.24 bits per heavy atom. The Morgan fingerprint density at radius 2 is 1.88 bits per heavy atom. The molecule has 1 aromatic carbocycles. The molecule has 1 aromatic rings. The van der Waals surface area contributed by atoms with Gasteiger partial charge in [-0.25, -0.2) is 0 Å². The minimum absolute atomic E-state index is 0.0746. The number of carbonyl (C=O) groups is 2. The zero-order valence-electron chi connectivity index (χ0n) is 15.2. The molecule has 2 unspecified atom stereocenters. The molecule has 2 atom stereocenters. The van der Waals surface area contributed by atoms with Gasteiger partial charge in [0.1, 0.15) is 0 Å². The van der Waals surface area contributed by atoms with Crippen LogP contribution in [0, 0.1) is 18.8 Å². The molecule has 0 aromatic heterocycles. The molecule has 0 radical (unpaired) electrons. The van der Waals surface area contributed by atoms with E-state index >= 15 is 0 Å². The second kappa shape index (κ2) is 9.56. The van der Waals surface area contributed by atoms with Crippen LogP contribution in [0.3, 0.4) is 0 Å². The number of nitrogens with one attached hydrogen (secondary N) is 1. The molecule has 138 valence electrons. The molecule has 1 fully saturated rings. The quantitative estimate of drug-likeness (QED) is 0.757. The number of benzene rings is 1. The lowest BCUT2D eigenvalue weighted by molar-refractivity contribution is -0.145. The van der Waals surface area contributed by atoms with Gasteiger partial charge in [-0.2, -0.15) is 0 Å². The van der Waals surface area contributed by atoms with Crippen molar-refractivity contribution in [1.82, 2.24) is 5.32 Å². The average Bonchev–Trinajstić information content (AvgIpc) is 2.61. The smallest absolute Gasteiger partial charge is 0.308 e. The Bertz CT molecular complexity index is 564. The van der Waals surface area contributed by atoms with Crippen molar-refractivity contribution >= 4 is 11.9 Å². The third-order valence-corrected chi connectivity index (χ3v) is 5.14. The lowest BCUT2D eigenvalue weighted by Gasteiger charge is -2.27. The Balaban J connectivity index is 1.88. The van der Waals surface area contributed by atoms with Gasteiger partial charge >= 0.3 is 5.97 Å². The van der Waals surface area contributed by atoms with E-state index in [2.05, 4.69) is 36.5 Å². The van der Waals surface area contributed by atoms with Crippen molar-refractivity contribution in [2.45, 2.75) is 45.4 Å². The molecule has 1 saturated heterocycles. The highest BCUT2D eigenvalue weighted by atomic mass is 16.5. The summed E-state index contributed by atoms with van der Waals surface area (Å²) in [4.78, 5) is 23.9. The van der Waals surface area contributed by atoms with Crippen LogP contribution in [-0.4, -0.2) is 36.7 Å². The number of ether oxygens (including phenoxy) is 1. The molecule has 2 N–H and O–H groups in total. The molecule has 1 amide bonds. The lowest BCUT2D eigenvalue weighted by atomic mass is 9.86. The van der Waals surface area contributed by atoms with Gasteiger partial charge in [-0.15, -0.1) is 0 Å². The number of aryl methyl sites for hydroxylation is 1. The highest BCUT2D eigenvalue weighted by molar-refractivity contribution is 5.78. The topological polar surface area (TPSA) is 75.6 Å². The summed E-state index contributed by atoms with van der Waals surface area (Å²) in [6.07, 6.45) is 2.75. The summed E-state index contributed by atoms with van der Waals surface area (Å²) in [6.45, 7) is 5.52. The molecule has 2 rings (SSSR count). The minimum Gasteiger partial charge on any atom is -0.481 e. The van der Waals surface area contributed by atoms with Crippen molar-refractivity contribution in [3.8, 4) is 0 Å². The Hall–Kier alpha value is -1.88. The molecule has 1 heterocycles. The van der Waals surface area contributed by atoms with Gasteiger partial charge in [0.15, 0.2) is 0 Å². The van der Waals surface area contributed by atoms with E-state index in [1.54, 1.807) is 0 Å². The number of rotatable bonds is 8. The molecular weight excluding hydrogens is 318 g/mol. The largest absolute Gasteiger partial charge is 0.481 e. The van der Waals surface area contributed by atoms with Gasteiger partial charge in [-0.1, -0.05) is 36.8 Å². The van der Waals surface area contributed by atoms with Crippen LogP contribution in [0.15, 0.2) is 24.3 Å². The van der Waals surface area contributed by atoms with Crippen molar-refractivity contribution in [2.75, 3.05) is 19.8 Å². The predicted octanol–water partition coefficient (Wildman–Crippen LogP) is 3.12. The van der Waals surface area contributed by atoms with Crippen LogP contribution >= 0.6 is 0 Å². The first-order chi connectivity index (χ1) is 12.0. The Morgan fingerprint density at radius 3 is 2.44 bits per heavy atom. The van der Waals surface area contributed by atoms with E-state index in [0.29, 0.717) is 19.6 Å². The van der Waals surface area contributed by atoms with E-state index in [1.807, 2.05) is 6.92 Å². The summed E-state index contributed by atoms with van der Waals surface area (Å²) in [5.74, 6) is -1.21. The summed E-state index contributed by atoms with van der Waals surface area (Å²) in [6, 6.07) is 8.25. The first-order valence-corrected chi connectivity index (χ1v) is 9.15. The normalized spacial score (nSPS) is 17.7. The molecule has 1 aliphatic heterocycles. The van der Waals surface area contributed by atoms with E-state index in [4.69, 9.17) is 4.74 Å². The van der Waals surface area contributed by atoms with Gasteiger partial charge in [0.25, 0.3) is 0 Å². The van der Waals surface area contributed by atoms with Crippen LogP contribution in [-0.2, 0) is 14.3 Å². The highest BCUT2D eigenvalue weighted by Gasteiger charge is 2.30. The first-order valence-electron chi connectivity index (χ1n) is 9.15. The van der Waals surface area contributed by atoms with Crippen molar-refractivity contribution in [1.29, 1.82) is 0 Å². The van der Waals surface area contributed by atoms with Gasteiger partial charge in [-0.05, 0) is 43.6 Å². The van der Waals surface area contributed by atoms with Crippen molar-refractivity contribution in [3.63, 3.8) is 0 Å². The summed E-state index contributed by atoms with van der Waals surface area (Å²) >= 11 is 0.